The molecule has 1 heterocycles. The lowest BCUT2D eigenvalue weighted by Crippen LogP contribution is -2.14. The van der Waals surface area contributed by atoms with E-state index in [2.05, 4.69) is 20.8 Å². The Bertz CT molecular complexity index is 1070. The van der Waals surface area contributed by atoms with Crippen molar-refractivity contribution in [3.8, 4) is 0 Å². The molecule has 2 aromatic carbocycles. The topological polar surface area (TPSA) is 115 Å². The molecule has 1 aromatic heterocycles. The number of carbonyl (C=O) groups is 1. The number of hydrogen-bond donors (Lipinski definition) is 2. The van der Waals surface area contributed by atoms with Crippen molar-refractivity contribution in [1.82, 2.24) is 14.8 Å². The van der Waals surface area contributed by atoms with Gasteiger partial charge in [-0.2, -0.15) is 0 Å². The van der Waals surface area contributed by atoms with Gasteiger partial charge in [-0.15, -0.1) is 10.2 Å². The number of aromatic nitrogens is 3. The molecule has 0 bridgehead atoms. The van der Waals surface area contributed by atoms with Crippen molar-refractivity contribution in [3.05, 3.63) is 69.0 Å². The standard InChI is InChI=1S/C19H19ClN6O3S/c1-12-3-5-13(6-4-12)21-10-17-23-24-19(25(17)2)30-11-18(27)22-14-7-8-15(20)16(9-14)26(28)29/h3-9,21H,10-11H2,1-2H3,(H,22,27). The average molecular weight is 447 g/mol. The van der Waals surface area contributed by atoms with Gasteiger partial charge in [-0.25, -0.2) is 0 Å². The first kappa shape index (κ1) is 21.6. The number of carbonyl (C=O) groups excluding carboxylic acids is 1. The van der Waals surface area contributed by atoms with E-state index in [1.54, 1.807) is 0 Å². The van der Waals surface area contributed by atoms with Gasteiger partial charge in [0.15, 0.2) is 11.0 Å². The summed E-state index contributed by atoms with van der Waals surface area (Å²) in [5, 5.41) is 25.7. The molecular weight excluding hydrogens is 428 g/mol. The Morgan fingerprint density at radius 1 is 1.20 bits per heavy atom. The number of benzene rings is 2. The fourth-order valence-corrected chi connectivity index (χ4v) is 3.45. The van der Waals surface area contributed by atoms with Crippen molar-refractivity contribution in [3.63, 3.8) is 0 Å². The number of hydrogen-bond acceptors (Lipinski definition) is 7. The number of nitro benzene ring substituents is 1. The first-order chi connectivity index (χ1) is 14.3. The predicted molar refractivity (Wildman–Crippen MR) is 117 cm³/mol. The monoisotopic (exact) mass is 446 g/mol. The van der Waals surface area contributed by atoms with Gasteiger partial charge in [-0.3, -0.25) is 14.9 Å². The number of amides is 1. The third-order valence-electron chi connectivity index (χ3n) is 4.19. The van der Waals surface area contributed by atoms with Crippen LogP contribution in [0.5, 0.6) is 0 Å². The second kappa shape index (κ2) is 9.59. The molecule has 156 valence electrons. The zero-order chi connectivity index (χ0) is 21.7. The summed E-state index contributed by atoms with van der Waals surface area (Å²) in [7, 11) is 1.83. The Labute approximate surface area is 182 Å². The summed E-state index contributed by atoms with van der Waals surface area (Å²) in [4.78, 5) is 22.6. The minimum Gasteiger partial charge on any atom is -0.378 e. The highest BCUT2D eigenvalue weighted by atomic mass is 35.5. The maximum absolute atomic E-state index is 12.2. The van der Waals surface area contributed by atoms with Gasteiger partial charge in [0.25, 0.3) is 5.69 Å². The lowest BCUT2D eigenvalue weighted by Gasteiger charge is -2.08. The summed E-state index contributed by atoms with van der Waals surface area (Å²) in [5.41, 5.74) is 2.21. The number of rotatable bonds is 8. The Kier molecular flexibility index (Phi) is 6.91. The van der Waals surface area contributed by atoms with Crippen LogP contribution in [-0.4, -0.2) is 31.3 Å². The molecule has 3 rings (SSSR count). The maximum atomic E-state index is 12.2. The molecule has 30 heavy (non-hydrogen) atoms. The van der Waals surface area contributed by atoms with Gasteiger partial charge in [0.05, 0.1) is 17.2 Å². The second-order valence-corrected chi connectivity index (χ2v) is 7.79. The van der Waals surface area contributed by atoms with E-state index < -0.39 is 4.92 Å². The summed E-state index contributed by atoms with van der Waals surface area (Å²) in [5.74, 6) is 0.485. The lowest BCUT2D eigenvalue weighted by atomic mass is 10.2. The van der Waals surface area contributed by atoms with Gasteiger partial charge >= 0.3 is 0 Å². The number of aryl methyl sites for hydroxylation is 1. The lowest BCUT2D eigenvalue weighted by molar-refractivity contribution is -0.384. The molecule has 0 atom stereocenters. The van der Waals surface area contributed by atoms with Gasteiger partial charge in [-0.05, 0) is 31.2 Å². The van der Waals surface area contributed by atoms with Crippen LogP contribution in [0, 0.1) is 17.0 Å². The van der Waals surface area contributed by atoms with E-state index in [0.717, 1.165) is 11.5 Å². The third kappa shape index (κ3) is 5.49. The maximum Gasteiger partial charge on any atom is 0.289 e. The van der Waals surface area contributed by atoms with E-state index >= 15 is 0 Å². The van der Waals surface area contributed by atoms with Crippen molar-refractivity contribution in [1.29, 1.82) is 0 Å². The van der Waals surface area contributed by atoms with E-state index in [1.807, 2.05) is 42.8 Å². The smallest absolute Gasteiger partial charge is 0.289 e. The largest absolute Gasteiger partial charge is 0.378 e. The Balaban J connectivity index is 1.54. The van der Waals surface area contributed by atoms with E-state index in [4.69, 9.17) is 11.6 Å². The number of nitrogens with zero attached hydrogens (tertiary/aromatic N) is 4. The molecule has 1 amide bonds. The van der Waals surface area contributed by atoms with Crippen molar-refractivity contribution < 1.29 is 9.72 Å². The molecule has 0 aliphatic heterocycles. The van der Waals surface area contributed by atoms with E-state index in [1.165, 1.54) is 35.5 Å². The van der Waals surface area contributed by atoms with Crippen molar-refractivity contribution in [2.75, 3.05) is 16.4 Å². The molecule has 0 saturated heterocycles. The Morgan fingerprint density at radius 3 is 2.60 bits per heavy atom. The van der Waals surface area contributed by atoms with Crippen molar-refractivity contribution in [2.45, 2.75) is 18.6 Å². The molecule has 0 spiro atoms. The quantitative estimate of drug-likeness (QED) is 0.305. The number of nitro groups is 1. The van der Waals surface area contributed by atoms with Crippen LogP contribution >= 0.6 is 23.4 Å². The van der Waals surface area contributed by atoms with E-state index in [9.17, 15) is 14.9 Å². The van der Waals surface area contributed by atoms with Gasteiger partial charge in [0.1, 0.15) is 5.02 Å². The van der Waals surface area contributed by atoms with Crippen LogP contribution < -0.4 is 10.6 Å². The van der Waals surface area contributed by atoms with E-state index in [-0.39, 0.29) is 22.4 Å². The highest BCUT2D eigenvalue weighted by Gasteiger charge is 2.15. The summed E-state index contributed by atoms with van der Waals surface area (Å²) in [6.07, 6.45) is 0. The third-order valence-corrected chi connectivity index (χ3v) is 5.53. The van der Waals surface area contributed by atoms with Gasteiger partial charge in [-0.1, -0.05) is 41.1 Å². The highest BCUT2D eigenvalue weighted by Crippen LogP contribution is 2.27. The van der Waals surface area contributed by atoms with Crippen LogP contribution in [0.25, 0.3) is 0 Å². The molecular formula is C19H19ClN6O3S. The molecule has 3 aromatic rings. The predicted octanol–water partition coefficient (Wildman–Crippen LogP) is 4.03. The van der Waals surface area contributed by atoms with Crippen LogP contribution in [0.15, 0.2) is 47.6 Å². The average Bonchev–Trinajstić information content (AvgIpc) is 3.07. The number of halogens is 1. The summed E-state index contributed by atoms with van der Waals surface area (Å²) < 4.78 is 1.81. The molecule has 0 unspecified atom stereocenters. The van der Waals surface area contributed by atoms with Crippen molar-refractivity contribution in [2.24, 2.45) is 7.05 Å². The normalized spacial score (nSPS) is 10.6. The second-order valence-electron chi connectivity index (χ2n) is 6.44. The number of nitrogens with one attached hydrogen (secondary N) is 2. The molecule has 0 saturated carbocycles. The fourth-order valence-electron chi connectivity index (χ4n) is 2.53. The van der Waals surface area contributed by atoms with Gasteiger partial charge in [0.2, 0.25) is 5.91 Å². The van der Waals surface area contributed by atoms with Gasteiger partial charge in [0, 0.05) is 24.5 Å². The Hall–Kier alpha value is -3.11. The molecule has 0 aliphatic rings. The molecule has 0 radical (unpaired) electrons. The molecule has 9 nitrogen and oxygen atoms in total. The molecule has 11 heteroatoms. The van der Waals surface area contributed by atoms with Crippen LogP contribution in [0.2, 0.25) is 5.02 Å². The van der Waals surface area contributed by atoms with Gasteiger partial charge < -0.3 is 15.2 Å². The Morgan fingerprint density at radius 2 is 1.90 bits per heavy atom. The van der Waals surface area contributed by atoms with Crippen LogP contribution in [-0.2, 0) is 18.4 Å². The van der Waals surface area contributed by atoms with E-state index in [0.29, 0.717) is 17.4 Å². The van der Waals surface area contributed by atoms with Crippen LogP contribution in [0.1, 0.15) is 11.4 Å². The number of anilines is 2. The zero-order valence-corrected chi connectivity index (χ0v) is 17.8. The highest BCUT2D eigenvalue weighted by molar-refractivity contribution is 7.99. The summed E-state index contributed by atoms with van der Waals surface area (Å²) >= 11 is 7.00. The van der Waals surface area contributed by atoms with Crippen LogP contribution in [0.3, 0.4) is 0 Å². The first-order valence-corrected chi connectivity index (χ1v) is 10.2. The summed E-state index contributed by atoms with van der Waals surface area (Å²) in [6, 6.07) is 12.1. The zero-order valence-electron chi connectivity index (χ0n) is 16.3. The molecule has 0 aliphatic carbocycles. The molecule has 2 N–H and O–H groups in total. The SMILES string of the molecule is Cc1ccc(NCc2nnc(SCC(=O)Nc3ccc(Cl)c([N+](=O)[O-])c3)n2C)cc1. The number of thioether (sulfide) groups is 1. The fraction of sp³-hybridized carbons (Fsp3) is 0.211. The minimum atomic E-state index is -0.599. The summed E-state index contributed by atoms with van der Waals surface area (Å²) in [6.45, 7) is 2.52. The van der Waals surface area contributed by atoms with Crippen LogP contribution in [0.4, 0.5) is 17.1 Å². The minimum absolute atomic E-state index is 0.0123. The first-order valence-electron chi connectivity index (χ1n) is 8.89. The van der Waals surface area contributed by atoms with Crippen molar-refractivity contribution >= 4 is 46.3 Å². The molecule has 0 fully saturated rings.